The lowest BCUT2D eigenvalue weighted by Crippen LogP contribution is -2.16. The number of amides is 1. The van der Waals surface area contributed by atoms with Crippen molar-refractivity contribution in [1.29, 1.82) is 0 Å². The monoisotopic (exact) mass is 411 g/mol. The summed E-state index contributed by atoms with van der Waals surface area (Å²) < 4.78 is 0. The molecule has 3 aromatic carbocycles. The Hall–Kier alpha value is -3.24. The number of para-hydroxylation sites is 1. The standard InChI is InChI=1S/C27H29N3O/c1-3-19(2)27(31)29-22-12-8-13-23-24-14-7-11-21(26(24)30-25(23)17-22)18-28-16-15-20-9-5-4-6-10-20/h4-14,17,19,28,30H,3,15-16,18H2,1-2H3. The highest BCUT2D eigenvalue weighted by Crippen LogP contribution is 2.26. The zero-order valence-corrected chi connectivity index (χ0v) is 18.2. The molecule has 4 aromatic rings. The maximum Gasteiger partial charge on any atom is 0.249 e. The Labute approximate surface area is 183 Å². The van der Waals surface area contributed by atoms with Crippen molar-refractivity contribution in [2.75, 3.05) is 6.54 Å². The van der Waals surface area contributed by atoms with Gasteiger partial charge in [-0.1, -0.05) is 74.5 Å². The molecule has 0 saturated carbocycles. The van der Waals surface area contributed by atoms with E-state index in [2.05, 4.69) is 63.8 Å². The van der Waals surface area contributed by atoms with Gasteiger partial charge in [0, 0.05) is 28.8 Å². The molecule has 0 saturated heterocycles. The summed E-state index contributed by atoms with van der Waals surface area (Å²) in [6, 6.07) is 24.9. The lowest BCUT2D eigenvalue weighted by molar-refractivity contribution is -0.121. The fourth-order valence-electron chi connectivity index (χ4n) is 3.78. The molecule has 0 fully saturated rings. The van der Waals surface area contributed by atoms with Gasteiger partial charge in [0.2, 0.25) is 5.91 Å². The van der Waals surface area contributed by atoms with E-state index in [1.165, 1.54) is 16.5 Å². The molecule has 1 amide bonds. The fraction of sp³-hybridized carbons (Fsp3) is 0.259. The van der Waals surface area contributed by atoms with Gasteiger partial charge < -0.3 is 10.3 Å². The average molecular weight is 412 g/mol. The molecule has 0 aliphatic carbocycles. The highest BCUT2D eigenvalue weighted by Gasteiger charge is 2.09. The van der Waals surface area contributed by atoms with E-state index in [0.29, 0.717) is 5.36 Å². The van der Waals surface area contributed by atoms with Crippen LogP contribution in [0.4, 0.5) is 0 Å². The minimum absolute atomic E-state index is 0.0581. The normalized spacial score (nSPS) is 13.0. The summed E-state index contributed by atoms with van der Waals surface area (Å²) in [6.07, 6.45) is 1.80. The molecular weight excluding hydrogens is 382 g/mol. The second-order valence-electron chi connectivity index (χ2n) is 8.06. The molecule has 0 radical (unpaired) electrons. The van der Waals surface area contributed by atoms with Crippen molar-refractivity contribution < 1.29 is 4.79 Å². The Morgan fingerprint density at radius 1 is 1.00 bits per heavy atom. The first-order chi connectivity index (χ1) is 15.2. The molecule has 4 nitrogen and oxygen atoms in total. The van der Waals surface area contributed by atoms with Gasteiger partial charge in [0.05, 0.1) is 10.9 Å². The molecule has 0 bridgehead atoms. The van der Waals surface area contributed by atoms with Crippen LogP contribution in [-0.4, -0.2) is 17.4 Å². The molecule has 1 unspecified atom stereocenters. The fourth-order valence-corrected chi connectivity index (χ4v) is 3.78. The van der Waals surface area contributed by atoms with Gasteiger partial charge in [-0.2, -0.15) is 0 Å². The van der Waals surface area contributed by atoms with E-state index in [1.807, 2.05) is 38.1 Å². The van der Waals surface area contributed by atoms with E-state index in [-0.39, 0.29) is 11.8 Å². The van der Waals surface area contributed by atoms with Crippen LogP contribution in [-0.2, 0) is 17.8 Å². The van der Waals surface area contributed by atoms with E-state index in [0.717, 1.165) is 42.4 Å². The van der Waals surface area contributed by atoms with Crippen LogP contribution in [0, 0.1) is 5.92 Å². The SMILES string of the molecule is CCC(C)C(=O)N=c1cccc2c(c1)[nH]c1c(CNCCc3ccccc3)cccc12. The summed E-state index contributed by atoms with van der Waals surface area (Å²) in [5.41, 5.74) is 4.70. The van der Waals surface area contributed by atoms with Crippen molar-refractivity contribution in [2.45, 2.75) is 33.2 Å². The third-order valence-electron chi connectivity index (χ3n) is 5.83. The van der Waals surface area contributed by atoms with Crippen LogP contribution in [0.3, 0.4) is 0 Å². The Bertz CT molecular complexity index is 1260. The van der Waals surface area contributed by atoms with Crippen molar-refractivity contribution >= 4 is 27.7 Å². The molecule has 4 heteroatoms. The maximum atomic E-state index is 12.3. The summed E-state index contributed by atoms with van der Waals surface area (Å²) in [6.45, 7) is 5.65. The number of carbonyl (C=O) groups excluding carboxylic acids is 1. The first kappa shape index (κ1) is 21.0. The summed E-state index contributed by atoms with van der Waals surface area (Å²) in [4.78, 5) is 20.2. The Balaban J connectivity index is 1.60. The minimum atomic E-state index is -0.0683. The van der Waals surface area contributed by atoms with Gasteiger partial charge in [0.15, 0.2) is 0 Å². The van der Waals surface area contributed by atoms with Crippen LogP contribution in [0.15, 0.2) is 77.8 Å². The number of carbonyl (C=O) groups is 1. The lowest BCUT2D eigenvalue weighted by atomic mass is 10.1. The minimum Gasteiger partial charge on any atom is -0.354 e. The predicted molar refractivity (Wildman–Crippen MR) is 128 cm³/mol. The van der Waals surface area contributed by atoms with Gasteiger partial charge >= 0.3 is 0 Å². The van der Waals surface area contributed by atoms with Crippen molar-refractivity contribution in [1.82, 2.24) is 10.3 Å². The van der Waals surface area contributed by atoms with Gasteiger partial charge in [-0.25, -0.2) is 4.99 Å². The second-order valence-corrected chi connectivity index (χ2v) is 8.06. The van der Waals surface area contributed by atoms with Gasteiger partial charge in [-0.3, -0.25) is 4.79 Å². The van der Waals surface area contributed by atoms with Crippen molar-refractivity contribution in [3.8, 4) is 0 Å². The van der Waals surface area contributed by atoms with Crippen LogP contribution < -0.4 is 10.7 Å². The molecule has 4 rings (SSSR count). The first-order valence-electron chi connectivity index (χ1n) is 11.0. The topological polar surface area (TPSA) is 57.2 Å². The Morgan fingerprint density at radius 2 is 1.77 bits per heavy atom. The van der Waals surface area contributed by atoms with Crippen molar-refractivity contribution in [2.24, 2.45) is 10.9 Å². The van der Waals surface area contributed by atoms with Gasteiger partial charge in [-0.05, 0) is 42.6 Å². The van der Waals surface area contributed by atoms with E-state index < -0.39 is 0 Å². The molecule has 1 atom stereocenters. The second kappa shape index (κ2) is 9.71. The molecule has 2 N–H and O–H groups in total. The number of rotatable bonds is 7. The van der Waals surface area contributed by atoms with E-state index >= 15 is 0 Å². The summed E-state index contributed by atoms with van der Waals surface area (Å²) in [5, 5.41) is 6.58. The van der Waals surface area contributed by atoms with Gasteiger partial charge in [0.1, 0.15) is 0 Å². The summed E-state index contributed by atoms with van der Waals surface area (Å²) >= 11 is 0. The highest BCUT2D eigenvalue weighted by molar-refractivity contribution is 6.07. The number of nitrogens with one attached hydrogen (secondary N) is 2. The Morgan fingerprint density at radius 3 is 2.58 bits per heavy atom. The quantitative estimate of drug-likeness (QED) is 0.414. The number of hydrogen-bond acceptors (Lipinski definition) is 2. The number of fused-ring (bicyclic) bond motifs is 3. The van der Waals surface area contributed by atoms with Crippen LogP contribution in [0.2, 0.25) is 0 Å². The van der Waals surface area contributed by atoms with E-state index in [1.54, 1.807) is 0 Å². The molecule has 1 aromatic heterocycles. The van der Waals surface area contributed by atoms with E-state index in [9.17, 15) is 4.79 Å². The maximum absolute atomic E-state index is 12.3. The van der Waals surface area contributed by atoms with Crippen LogP contribution >= 0.6 is 0 Å². The zero-order valence-electron chi connectivity index (χ0n) is 18.2. The average Bonchev–Trinajstić information content (AvgIpc) is 3.02. The molecule has 158 valence electrons. The Kier molecular flexibility index (Phi) is 6.58. The third-order valence-corrected chi connectivity index (χ3v) is 5.83. The van der Waals surface area contributed by atoms with Crippen molar-refractivity contribution in [3.05, 3.63) is 89.3 Å². The first-order valence-corrected chi connectivity index (χ1v) is 11.0. The molecular formula is C27H29N3O. The van der Waals surface area contributed by atoms with Gasteiger partial charge in [-0.15, -0.1) is 0 Å². The molecule has 1 heterocycles. The number of hydrogen-bond donors (Lipinski definition) is 2. The van der Waals surface area contributed by atoms with E-state index in [4.69, 9.17) is 0 Å². The lowest BCUT2D eigenvalue weighted by Gasteiger charge is -2.06. The molecule has 0 aliphatic rings. The zero-order chi connectivity index (χ0) is 21.6. The number of aromatic amines is 1. The van der Waals surface area contributed by atoms with Crippen LogP contribution in [0.25, 0.3) is 21.8 Å². The molecule has 31 heavy (non-hydrogen) atoms. The van der Waals surface area contributed by atoms with Crippen LogP contribution in [0.5, 0.6) is 0 Å². The summed E-state index contributed by atoms with van der Waals surface area (Å²) in [7, 11) is 0. The van der Waals surface area contributed by atoms with Gasteiger partial charge in [0.25, 0.3) is 0 Å². The molecule has 0 aliphatic heterocycles. The highest BCUT2D eigenvalue weighted by atomic mass is 16.1. The predicted octanol–water partition coefficient (Wildman–Crippen LogP) is 5.13. The number of aromatic nitrogens is 1. The largest absolute Gasteiger partial charge is 0.354 e. The smallest absolute Gasteiger partial charge is 0.249 e. The summed E-state index contributed by atoms with van der Waals surface area (Å²) in [5.74, 6) is -0.126. The third kappa shape index (κ3) is 4.92. The number of benzene rings is 2. The van der Waals surface area contributed by atoms with Crippen molar-refractivity contribution in [3.63, 3.8) is 0 Å². The number of H-pyrrole nitrogens is 1. The number of nitrogens with zero attached hydrogens (tertiary/aromatic N) is 1. The molecule has 0 spiro atoms. The van der Waals surface area contributed by atoms with Crippen LogP contribution in [0.1, 0.15) is 31.4 Å².